The van der Waals surface area contributed by atoms with Crippen LogP contribution in [0.15, 0.2) is 48.2 Å². The molecular weight excluding hydrogens is 339 g/mol. The molecule has 0 unspecified atom stereocenters. The average Bonchev–Trinajstić information content (AvgIpc) is 2.86. The molecule has 132 valence electrons. The maximum absolute atomic E-state index is 13.2. The van der Waals surface area contributed by atoms with Crippen molar-refractivity contribution in [1.29, 1.82) is 0 Å². The molecule has 2 aromatic rings. The predicted molar refractivity (Wildman–Crippen MR) is 92.2 cm³/mol. The molecule has 0 spiro atoms. The van der Waals surface area contributed by atoms with Crippen LogP contribution < -0.4 is 14.8 Å². The monoisotopic (exact) mass is 354 g/mol. The molecule has 0 fully saturated rings. The molecule has 2 heterocycles. The fourth-order valence-corrected chi connectivity index (χ4v) is 2.91. The number of hydrogen-bond donors (Lipinski definition) is 1. The van der Waals surface area contributed by atoms with Crippen molar-refractivity contribution in [3.8, 4) is 11.5 Å². The first-order chi connectivity index (χ1) is 12.5. The zero-order valence-corrected chi connectivity index (χ0v) is 13.9. The zero-order chi connectivity index (χ0) is 18.3. The molecule has 0 aromatic heterocycles. The van der Waals surface area contributed by atoms with E-state index in [0.29, 0.717) is 36.0 Å². The van der Waals surface area contributed by atoms with Gasteiger partial charge in [0.2, 0.25) is 0 Å². The standard InChI is InChI=1S/C19H15FN2O4/c1-22-18(23)16(11-2-4-12(20)5-3-11)17(19(22)24)21-13-6-7-14-15(10-13)26-9-8-25-14/h2-7,10,21H,8-9H2,1H3. The van der Waals surface area contributed by atoms with E-state index in [9.17, 15) is 14.0 Å². The number of amides is 2. The van der Waals surface area contributed by atoms with Crippen LogP contribution in [0.25, 0.3) is 5.57 Å². The Morgan fingerprint density at radius 1 is 0.962 bits per heavy atom. The van der Waals surface area contributed by atoms with E-state index < -0.39 is 17.6 Å². The number of nitrogens with one attached hydrogen (secondary N) is 1. The molecular formula is C19H15FN2O4. The third kappa shape index (κ3) is 2.67. The maximum atomic E-state index is 13.2. The van der Waals surface area contributed by atoms with Gasteiger partial charge in [-0.1, -0.05) is 12.1 Å². The van der Waals surface area contributed by atoms with Crippen LogP contribution in [-0.4, -0.2) is 37.0 Å². The molecule has 2 aliphatic rings. The molecule has 1 N–H and O–H groups in total. The topological polar surface area (TPSA) is 67.9 Å². The summed E-state index contributed by atoms with van der Waals surface area (Å²) in [5.41, 5.74) is 1.39. The van der Waals surface area contributed by atoms with E-state index in [4.69, 9.17) is 9.47 Å². The number of ether oxygens (including phenoxy) is 2. The lowest BCUT2D eigenvalue weighted by Gasteiger charge is -2.19. The second-order valence-electron chi connectivity index (χ2n) is 5.91. The molecule has 0 bridgehead atoms. The summed E-state index contributed by atoms with van der Waals surface area (Å²) in [5.74, 6) is -0.123. The quantitative estimate of drug-likeness (QED) is 0.858. The number of carbonyl (C=O) groups is 2. The lowest BCUT2D eigenvalue weighted by molar-refractivity contribution is -0.135. The zero-order valence-electron chi connectivity index (χ0n) is 13.9. The second-order valence-corrected chi connectivity index (χ2v) is 5.91. The number of imide groups is 1. The predicted octanol–water partition coefficient (Wildman–Crippen LogP) is 2.42. The van der Waals surface area contributed by atoms with E-state index in [2.05, 4.69) is 5.32 Å². The average molecular weight is 354 g/mol. The molecule has 7 heteroatoms. The fourth-order valence-electron chi connectivity index (χ4n) is 2.91. The molecule has 26 heavy (non-hydrogen) atoms. The van der Waals surface area contributed by atoms with Crippen LogP contribution in [0.3, 0.4) is 0 Å². The van der Waals surface area contributed by atoms with Gasteiger partial charge in [-0.05, 0) is 29.8 Å². The van der Waals surface area contributed by atoms with Crippen molar-refractivity contribution in [3.63, 3.8) is 0 Å². The molecule has 0 aliphatic carbocycles. The van der Waals surface area contributed by atoms with E-state index in [1.54, 1.807) is 18.2 Å². The van der Waals surface area contributed by atoms with E-state index in [1.807, 2.05) is 0 Å². The summed E-state index contributed by atoms with van der Waals surface area (Å²) >= 11 is 0. The number of likely N-dealkylation sites (N-methyl/N-ethyl adjacent to an activating group) is 1. The van der Waals surface area contributed by atoms with Crippen LogP contribution in [0.4, 0.5) is 10.1 Å². The SMILES string of the molecule is CN1C(=O)C(Nc2ccc3c(c2)OCCO3)=C(c2ccc(F)cc2)C1=O. The highest BCUT2D eigenvalue weighted by molar-refractivity contribution is 6.36. The van der Waals surface area contributed by atoms with Crippen molar-refractivity contribution < 1.29 is 23.5 Å². The fraction of sp³-hybridized carbons (Fsp3) is 0.158. The molecule has 0 atom stereocenters. The third-order valence-corrected chi connectivity index (χ3v) is 4.23. The summed E-state index contributed by atoms with van der Waals surface area (Å²) in [7, 11) is 1.41. The van der Waals surface area contributed by atoms with Gasteiger partial charge in [0, 0.05) is 18.8 Å². The summed E-state index contributed by atoms with van der Waals surface area (Å²) in [6.07, 6.45) is 0. The molecule has 2 aromatic carbocycles. The summed E-state index contributed by atoms with van der Waals surface area (Å²) in [5, 5.41) is 3.00. The number of halogens is 1. The van der Waals surface area contributed by atoms with Crippen LogP contribution in [0.1, 0.15) is 5.56 Å². The summed E-state index contributed by atoms with van der Waals surface area (Å²) in [6, 6.07) is 10.6. The Bertz CT molecular complexity index is 937. The smallest absolute Gasteiger partial charge is 0.277 e. The largest absolute Gasteiger partial charge is 0.486 e. The Balaban J connectivity index is 1.74. The van der Waals surface area contributed by atoms with Gasteiger partial charge in [0.1, 0.15) is 24.7 Å². The Labute approximate surface area is 148 Å². The number of fused-ring (bicyclic) bond motifs is 1. The highest BCUT2D eigenvalue weighted by Crippen LogP contribution is 2.35. The van der Waals surface area contributed by atoms with Gasteiger partial charge < -0.3 is 14.8 Å². The van der Waals surface area contributed by atoms with E-state index in [0.717, 1.165) is 4.90 Å². The van der Waals surface area contributed by atoms with Gasteiger partial charge in [0.05, 0.1) is 5.57 Å². The number of benzene rings is 2. The van der Waals surface area contributed by atoms with Crippen molar-refractivity contribution in [3.05, 3.63) is 59.5 Å². The van der Waals surface area contributed by atoms with Crippen molar-refractivity contribution in [2.75, 3.05) is 25.6 Å². The van der Waals surface area contributed by atoms with Crippen LogP contribution in [-0.2, 0) is 9.59 Å². The van der Waals surface area contributed by atoms with Crippen LogP contribution in [0.2, 0.25) is 0 Å². The number of hydrogen-bond acceptors (Lipinski definition) is 5. The lowest BCUT2D eigenvalue weighted by atomic mass is 10.0. The van der Waals surface area contributed by atoms with Gasteiger partial charge in [-0.25, -0.2) is 4.39 Å². The molecule has 0 saturated heterocycles. The Morgan fingerprint density at radius 2 is 1.65 bits per heavy atom. The molecule has 2 aliphatic heterocycles. The molecule has 0 radical (unpaired) electrons. The number of rotatable bonds is 3. The first-order valence-corrected chi connectivity index (χ1v) is 8.04. The maximum Gasteiger partial charge on any atom is 0.277 e. The van der Waals surface area contributed by atoms with E-state index >= 15 is 0 Å². The molecule has 6 nitrogen and oxygen atoms in total. The van der Waals surface area contributed by atoms with Crippen LogP contribution >= 0.6 is 0 Å². The molecule has 4 rings (SSSR count). The van der Waals surface area contributed by atoms with Gasteiger partial charge in [0.15, 0.2) is 11.5 Å². The molecule has 0 saturated carbocycles. The number of nitrogens with zero attached hydrogens (tertiary/aromatic N) is 1. The first kappa shape index (κ1) is 16.1. The first-order valence-electron chi connectivity index (χ1n) is 8.04. The lowest BCUT2D eigenvalue weighted by Crippen LogP contribution is -2.27. The van der Waals surface area contributed by atoms with Crippen molar-refractivity contribution in [2.45, 2.75) is 0 Å². The Morgan fingerprint density at radius 3 is 2.38 bits per heavy atom. The Hall–Kier alpha value is -3.35. The van der Waals surface area contributed by atoms with Crippen molar-refractivity contribution in [1.82, 2.24) is 4.90 Å². The minimum absolute atomic E-state index is 0.140. The van der Waals surface area contributed by atoms with Gasteiger partial charge in [-0.2, -0.15) is 0 Å². The van der Waals surface area contributed by atoms with Crippen molar-refractivity contribution in [2.24, 2.45) is 0 Å². The minimum atomic E-state index is -0.454. The molecule has 2 amide bonds. The van der Waals surface area contributed by atoms with Crippen LogP contribution in [0.5, 0.6) is 11.5 Å². The summed E-state index contributed by atoms with van der Waals surface area (Å²) < 4.78 is 24.2. The highest BCUT2D eigenvalue weighted by atomic mass is 19.1. The van der Waals surface area contributed by atoms with Gasteiger partial charge in [-0.3, -0.25) is 14.5 Å². The minimum Gasteiger partial charge on any atom is -0.486 e. The Kier molecular flexibility index (Phi) is 3.84. The van der Waals surface area contributed by atoms with Gasteiger partial charge in [-0.15, -0.1) is 0 Å². The summed E-state index contributed by atoms with van der Waals surface area (Å²) in [6.45, 7) is 0.928. The van der Waals surface area contributed by atoms with E-state index in [1.165, 1.54) is 31.3 Å². The van der Waals surface area contributed by atoms with Gasteiger partial charge >= 0.3 is 0 Å². The van der Waals surface area contributed by atoms with Crippen LogP contribution in [0, 0.1) is 5.82 Å². The highest BCUT2D eigenvalue weighted by Gasteiger charge is 2.36. The summed E-state index contributed by atoms with van der Waals surface area (Å²) in [4.78, 5) is 26.0. The van der Waals surface area contributed by atoms with E-state index in [-0.39, 0.29) is 11.3 Å². The number of carbonyl (C=O) groups excluding carboxylic acids is 2. The number of anilines is 1. The normalized spacial score (nSPS) is 16.3. The second kappa shape index (κ2) is 6.18. The third-order valence-electron chi connectivity index (χ3n) is 4.23. The van der Waals surface area contributed by atoms with Gasteiger partial charge in [0.25, 0.3) is 11.8 Å². The van der Waals surface area contributed by atoms with Crippen molar-refractivity contribution >= 4 is 23.1 Å².